The SMILES string of the molecule is O=c1c2ccccc2cnn1CC(O)COc1ccccc1. The zero-order valence-electron chi connectivity index (χ0n) is 11.9. The van der Waals surface area contributed by atoms with Gasteiger partial charge >= 0.3 is 0 Å². The molecule has 3 aromatic rings. The van der Waals surface area contributed by atoms with Crippen LogP contribution < -0.4 is 10.3 Å². The molecule has 0 aliphatic heterocycles. The summed E-state index contributed by atoms with van der Waals surface area (Å²) in [6, 6.07) is 16.5. The fourth-order valence-corrected chi connectivity index (χ4v) is 2.22. The molecule has 112 valence electrons. The van der Waals surface area contributed by atoms with Gasteiger partial charge in [0.2, 0.25) is 0 Å². The third-order valence-electron chi connectivity index (χ3n) is 3.33. The van der Waals surface area contributed by atoms with Crippen LogP contribution in [-0.4, -0.2) is 27.6 Å². The molecule has 2 aromatic carbocycles. The average molecular weight is 296 g/mol. The number of aliphatic hydroxyl groups is 1. The Labute approximate surface area is 127 Å². The van der Waals surface area contributed by atoms with Crippen LogP contribution in [0.15, 0.2) is 65.6 Å². The van der Waals surface area contributed by atoms with Crippen molar-refractivity contribution in [3.63, 3.8) is 0 Å². The number of aromatic nitrogens is 2. The van der Waals surface area contributed by atoms with Crippen molar-refractivity contribution in [1.82, 2.24) is 9.78 Å². The number of nitrogens with zero attached hydrogens (tertiary/aromatic N) is 2. The molecule has 0 radical (unpaired) electrons. The van der Waals surface area contributed by atoms with Crippen molar-refractivity contribution in [2.75, 3.05) is 6.61 Å². The summed E-state index contributed by atoms with van der Waals surface area (Å²) in [5, 5.41) is 15.5. The number of benzene rings is 2. The van der Waals surface area contributed by atoms with E-state index in [1.165, 1.54) is 4.68 Å². The zero-order chi connectivity index (χ0) is 15.4. The molecule has 0 aliphatic carbocycles. The van der Waals surface area contributed by atoms with Gasteiger partial charge in [-0.3, -0.25) is 4.79 Å². The van der Waals surface area contributed by atoms with Crippen molar-refractivity contribution in [3.05, 3.63) is 71.1 Å². The molecule has 22 heavy (non-hydrogen) atoms. The molecule has 0 saturated carbocycles. The van der Waals surface area contributed by atoms with Gasteiger partial charge in [-0.05, 0) is 18.2 Å². The van der Waals surface area contributed by atoms with Crippen molar-refractivity contribution < 1.29 is 9.84 Å². The molecule has 0 fully saturated rings. The van der Waals surface area contributed by atoms with Crippen LogP contribution in [0.25, 0.3) is 10.8 Å². The largest absolute Gasteiger partial charge is 0.491 e. The van der Waals surface area contributed by atoms with Crippen LogP contribution in [0, 0.1) is 0 Å². The molecule has 0 aliphatic rings. The van der Waals surface area contributed by atoms with E-state index in [2.05, 4.69) is 5.10 Å². The van der Waals surface area contributed by atoms with Crippen molar-refractivity contribution in [1.29, 1.82) is 0 Å². The van der Waals surface area contributed by atoms with Crippen LogP contribution >= 0.6 is 0 Å². The van der Waals surface area contributed by atoms with Gasteiger partial charge in [-0.2, -0.15) is 5.10 Å². The van der Waals surface area contributed by atoms with Gasteiger partial charge in [0.25, 0.3) is 5.56 Å². The number of rotatable bonds is 5. The van der Waals surface area contributed by atoms with Crippen molar-refractivity contribution in [2.45, 2.75) is 12.6 Å². The number of aliphatic hydroxyl groups excluding tert-OH is 1. The second kappa shape index (κ2) is 6.41. The van der Waals surface area contributed by atoms with Crippen molar-refractivity contribution >= 4 is 10.8 Å². The zero-order valence-corrected chi connectivity index (χ0v) is 11.9. The predicted molar refractivity (Wildman–Crippen MR) is 83.9 cm³/mol. The molecule has 1 aromatic heterocycles. The predicted octanol–water partition coefficient (Wildman–Crippen LogP) is 1.84. The van der Waals surface area contributed by atoms with Gasteiger partial charge in [-0.25, -0.2) is 4.68 Å². The first-order chi connectivity index (χ1) is 10.7. The maximum atomic E-state index is 12.3. The molecule has 5 nitrogen and oxygen atoms in total. The number of hydrogen-bond donors (Lipinski definition) is 1. The summed E-state index contributed by atoms with van der Waals surface area (Å²) in [5.41, 5.74) is -0.211. The van der Waals surface area contributed by atoms with Crippen molar-refractivity contribution in [2.24, 2.45) is 0 Å². The molecule has 1 heterocycles. The Balaban J connectivity index is 1.70. The summed E-state index contributed by atoms with van der Waals surface area (Å²) in [6.45, 7) is 0.196. The maximum Gasteiger partial charge on any atom is 0.274 e. The molecule has 5 heteroatoms. The van der Waals surface area contributed by atoms with E-state index in [-0.39, 0.29) is 18.7 Å². The maximum absolute atomic E-state index is 12.3. The first-order valence-corrected chi connectivity index (χ1v) is 7.05. The monoisotopic (exact) mass is 296 g/mol. The standard InChI is InChI=1S/C17H16N2O3/c20-14(12-22-15-7-2-1-3-8-15)11-19-17(21)16-9-5-4-6-13(16)10-18-19/h1-10,14,20H,11-12H2. The van der Waals surface area contributed by atoms with E-state index in [1.54, 1.807) is 12.3 Å². The molecule has 1 N–H and O–H groups in total. The number of para-hydroxylation sites is 1. The first-order valence-electron chi connectivity index (χ1n) is 7.05. The van der Waals surface area contributed by atoms with Crippen LogP contribution in [0.5, 0.6) is 5.75 Å². The minimum Gasteiger partial charge on any atom is -0.491 e. The Bertz CT molecular complexity index is 815. The van der Waals surface area contributed by atoms with Gasteiger partial charge in [0.1, 0.15) is 18.5 Å². The second-order valence-corrected chi connectivity index (χ2v) is 5.00. The lowest BCUT2D eigenvalue weighted by molar-refractivity contribution is 0.0881. The van der Waals surface area contributed by atoms with Crippen molar-refractivity contribution in [3.8, 4) is 5.75 Å². The highest BCUT2D eigenvalue weighted by Crippen LogP contribution is 2.09. The molecule has 0 saturated heterocycles. The quantitative estimate of drug-likeness (QED) is 0.780. The fraction of sp³-hybridized carbons (Fsp3) is 0.176. The molecule has 1 unspecified atom stereocenters. The van der Waals surface area contributed by atoms with Gasteiger partial charge in [-0.1, -0.05) is 36.4 Å². The third-order valence-corrected chi connectivity index (χ3v) is 3.33. The molecule has 3 rings (SSSR count). The summed E-state index contributed by atoms with van der Waals surface area (Å²) in [5.74, 6) is 0.681. The minimum absolute atomic E-state index is 0.0938. The topological polar surface area (TPSA) is 64.4 Å². The first kappa shape index (κ1) is 14.3. The Morgan fingerprint density at radius 1 is 1.09 bits per heavy atom. The van der Waals surface area contributed by atoms with Gasteiger partial charge in [0.15, 0.2) is 0 Å². The van der Waals surface area contributed by atoms with E-state index < -0.39 is 6.10 Å². The normalized spacial score (nSPS) is 12.2. The lowest BCUT2D eigenvalue weighted by atomic mass is 10.2. The highest BCUT2D eigenvalue weighted by Gasteiger charge is 2.10. The van der Waals surface area contributed by atoms with E-state index in [0.29, 0.717) is 11.1 Å². The van der Waals surface area contributed by atoms with E-state index >= 15 is 0 Å². The van der Waals surface area contributed by atoms with E-state index in [9.17, 15) is 9.90 Å². The van der Waals surface area contributed by atoms with Crippen LogP contribution in [0.3, 0.4) is 0 Å². The summed E-state index contributed by atoms with van der Waals surface area (Å²) in [6.07, 6.45) is 0.813. The Morgan fingerprint density at radius 3 is 2.64 bits per heavy atom. The minimum atomic E-state index is -0.813. The Kier molecular flexibility index (Phi) is 4.16. The van der Waals surface area contributed by atoms with Crippen LogP contribution in [-0.2, 0) is 6.54 Å². The highest BCUT2D eigenvalue weighted by atomic mass is 16.5. The molecule has 0 spiro atoms. The third kappa shape index (κ3) is 3.15. The Morgan fingerprint density at radius 2 is 1.82 bits per heavy atom. The van der Waals surface area contributed by atoms with Gasteiger partial charge in [0.05, 0.1) is 18.1 Å². The van der Waals surface area contributed by atoms with E-state index in [4.69, 9.17) is 4.74 Å². The van der Waals surface area contributed by atoms with Gasteiger partial charge in [-0.15, -0.1) is 0 Å². The lowest BCUT2D eigenvalue weighted by Gasteiger charge is -2.13. The lowest BCUT2D eigenvalue weighted by Crippen LogP contribution is -2.31. The fourth-order valence-electron chi connectivity index (χ4n) is 2.22. The smallest absolute Gasteiger partial charge is 0.274 e. The summed E-state index contributed by atoms with van der Waals surface area (Å²) >= 11 is 0. The summed E-state index contributed by atoms with van der Waals surface area (Å²) < 4.78 is 6.74. The number of ether oxygens (including phenoxy) is 1. The number of hydrogen-bond acceptors (Lipinski definition) is 4. The second-order valence-electron chi connectivity index (χ2n) is 5.00. The van der Waals surface area contributed by atoms with E-state index in [1.807, 2.05) is 48.5 Å². The molecule has 0 amide bonds. The Hall–Kier alpha value is -2.66. The van der Waals surface area contributed by atoms with Gasteiger partial charge in [0, 0.05) is 5.39 Å². The van der Waals surface area contributed by atoms with Crippen LogP contribution in [0.2, 0.25) is 0 Å². The molecule has 0 bridgehead atoms. The van der Waals surface area contributed by atoms with Crippen LogP contribution in [0.4, 0.5) is 0 Å². The average Bonchev–Trinajstić information content (AvgIpc) is 2.57. The summed E-state index contributed by atoms with van der Waals surface area (Å²) in [7, 11) is 0. The van der Waals surface area contributed by atoms with Crippen LogP contribution in [0.1, 0.15) is 0 Å². The van der Waals surface area contributed by atoms with Gasteiger partial charge < -0.3 is 9.84 Å². The van der Waals surface area contributed by atoms with E-state index in [0.717, 1.165) is 5.39 Å². The molecule has 1 atom stereocenters. The summed E-state index contributed by atoms with van der Waals surface area (Å²) in [4.78, 5) is 12.3. The molecular formula is C17H16N2O3. The highest BCUT2D eigenvalue weighted by molar-refractivity contribution is 5.80. The molecular weight excluding hydrogens is 280 g/mol. The number of fused-ring (bicyclic) bond motifs is 1.